The molecule has 0 aromatic carbocycles. The number of hydrogen-bond donors (Lipinski definition) is 2. The van der Waals surface area contributed by atoms with Crippen molar-refractivity contribution in [3.8, 4) is 0 Å². The molecule has 2 aliphatic carbocycles. The van der Waals surface area contributed by atoms with E-state index in [2.05, 4.69) is 26.2 Å². The molecule has 3 atom stereocenters. The van der Waals surface area contributed by atoms with Crippen LogP contribution in [0.15, 0.2) is 16.7 Å². The molecule has 4 heteroatoms. The van der Waals surface area contributed by atoms with Crippen molar-refractivity contribution in [1.82, 2.24) is 10.3 Å². The van der Waals surface area contributed by atoms with E-state index >= 15 is 0 Å². The van der Waals surface area contributed by atoms with Gasteiger partial charge < -0.3 is 10.3 Å². The average molecular weight is 283 g/mol. The average Bonchev–Trinajstić information content (AvgIpc) is 2.92. The van der Waals surface area contributed by atoms with Crippen LogP contribution in [0.2, 0.25) is 0 Å². The number of halogens is 1. The van der Waals surface area contributed by atoms with Crippen LogP contribution in [0.3, 0.4) is 0 Å². The van der Waals surface area contributed by atoms with Gasteiger partial charge in [-0.2, -0.15) is 0 Å². The minimum atomic E-state index is 0.0308. The highest BCUT2D eigenvalue weighted by Crippen LogP contribution is 2.44. The smallest absolute Gasteiger partial charge is 0.267 e. The standard InChI is InChI=1S/C12H15BrN2O/c13-9-5-11(14-6-9)12(16)15-10-4-7-1-2-8(10)3-7/h5-8,10,14H,1-4H2,(H,15,16). The molecule has 0 saturated heterocycles. The van der Waals surface area contributed by atoms with Gasteiger partial charge in [0.1, 0.15) is 5.69 Å². The van der Waals surface area contributed by atoms with E-state index < -0.39 is 0 Å². The molecule has 2 N–H and O–H groups in total. The minimum Gasteiger partial charge on any atom is -0.356 e. The first kappa shape index (κ1) is 10.4. The fraction of sp³-hybridized carbons (Fsp3) is 0.583. The second kappa shape index (κ2) is 3.91. The van der Waals surface area contributed by atoms with Gasteiger partial charge in [0.25, 0.3) is 5.91 Å². The number of aromatic nitrogens is 1. The van der Waals surface area contributed by atoms with E-state index in [-0.39, 0.29) is 5.91 Å². The summed E-state index contributed by atoms with van der Waals surface area (Å²) >= 11 is 3.33. The lowest BCUT2D eigenvalue weighted by molar-refractivity contribution is 0.0918. The molecule has 0 spiro atoms. The summed E-state index contributed by atoms with van der Waals surface area (Å²) in [6, 6.07) is 2.23. The number of nitrogens with one attached hydrogen (secondary N) is 2. The van der Waals surface area contributed by atoms with Gasteiger partial charge in [-0.1, -0.05) is 6.42 Å². The lowest BCUT2D eigenvalue weighted by Crippen LogP contribution is -2.38. The van der Waals surface area contributed by atoms with Gasteiger partial charge in [0.15, 0.2) is 0 Å². The highest BCUT2D eigenvalue weighted by Gasteiger charge is 2.40. The van der Waals surface area contributed by atoms with Crippen LogP contribution in [-0.2, 0) is 0 Å². The van der Waals surface area contributed by atoms with Crippen LogP contribution in [0.5, 0.6) is 0 Å². The van der Waals surface area contributed by atoms with Crippen molar-refractivity contribution in [3.63, 3.8) is 0 Å². The Labute approximate surface area is 103 Å². The second-order valence-corrected chi connectivity index (χ2v) is 5.90. The minimum absolute atomic E-state index is 0.0308. The third-order valence-electron chi connectivity index (χ3n) is 3.95. The van der Waals surface area contributed by atoms with Gasteiger partial charge in [-0.15, -0.1) is 0 Å². The van der Waals surface area contributed by atoms with E-state index in [1.165, 1.54) is 25.7 Å². The van der Waals surface area contributed by atoms with Crippen LogP contribution in [0.1, 0.15) is 36.2 Å². The summed E-state index contributed by atoms with van der Waals surface area (Å²) in [5, 5.41) is 3.15. The number of aromatic amines is 1. The molecule has 16 heavy (non-hydrogen) atoms. The van der Waals surface area contributed by atoms with Gasteiger partial charge in [-0.25, -0.2) is 0 Å². The molecule has 2 aliphatic rings. The molecule has 1 aromatic heterocycles. The first-order valence-corrected chi connectivity index (χ1v) is 6.66. The Balaban J connectivity index is 1.65. The zero-order chi connectivity index (χ0) is 11.1. The third-order valence-corrected chi connectivity index (χ3v) is 4.40. The van der Waals surface area contributed by atoms with Crippen molar-refractivity contribution >= 4 is 21.8 Å². The van der Waals surface area contributed by atoms with Crippen LogP contribution in [0.4, 0.5) is 0 Å². The predicted octanol–water partition coefficient (Wildman–Crippen LogP) is 2.70. The molecule has 2 saturated carbocycles. The first-order chi connectivity index (χ1) is 7.72. The summed E-state index contributed by atoms with van der Waals surface area (Å²) in [5.74, 6) is 1.63. The Bertz CT molecular complexity index is 415. The number of amides is 1. The Morgan fingerprint density at radius 3 is 2.88 bits per heavy atom. The first-order valence-electron chi connectivity index (χ1n) is 5.87. The molecule has 2 bridgehead atoms. The molecule has 1 amide bonds. The fourth-order valence-electron chi connectivity index (χ4n) is 3.17. The zero-order valence-corrected chi connectivity index (χ0v) is 10.6. The van der Waals surface area contributed by atoms with E-state index in [0.717, 1.165) is 16.3 Å². The van der Waals surface area contributed by atoms with E-state index in [4.69, 9.17) is 0 Å². The summed E-state index contributed by atoms with van der Waals surface area (Å²) in [4.78, 5) is 14.9. The van der Waals surface area contributed by atoms with Gasteiger partial charge in [0.2, 0.25) is 0 Å². The number of H-pyrrole nitrogens is 1. The molecule has 1 aromatic rings. The Morgan fingerprint density at radius 2 is 2.31 bits per heavy atom. The monoisotopic (exact) mass is 282 g/mol. The van der Waals surface area contributed by atoms with Gasteiger partial charge in [-0.3, -0.25) is 4.79 Å². The maximum atomic E-state index is 11.9. The van der Waals surface area contributed by atoms with Crippen LogP contribution in [-0.4, -0.2) is 16.9 Å². The summed E-state index contributed by atoms with van der Waals surface area (Å²) < 4.78 is 0.922. The molecular formula is C12H15BrN2O. The second-order valence-electron chi connectivity index (χ2n) is 4.99. The van der Waals surface area contributed by atoms with Gasteiger partial charge in [0.05, 0.1) is 0 Å². The highest BCUT2D eigenvalue weighted by molar-refractivity contribution is 9.10. The lowest BCUT2D eigenvalue weighted by atomic mass is 9.95. The fourth-order valence-corrected chi connectivity index (χ4v) is 3.51. The number of carbonyl (C=O) groups is 1. The number of rotatable bonds is 2. The maximum Gasteiger partial charge on any atom is 0.267 e. The Hall–Kier alpha value is -0.770. The van der Waals surface area contributed by atoms with E-state index in [1.54, 1.807) is 6.20 Å². The number of carbonyl (C=O) groups excluding carboxylic acids is 1. The van der Waals surface area contributed by atoms with Gasteiger partial charge in [0, 0.05) is 16.7 Å². The largest absolute Gasteiger partial charge is 0.356 e. The van der Waals surface area contributed by atoms with E-state index in [9.17, 15) is 4.79 Å². The molecular weight excluding hydrogens is 268 g/mol. The van der Waals surface area contributed by atoms with Crippen molar-refractivity contribution in [3.05, 3.63) is 22.4 Å². The molecule has 0 radical (unpaired) electrons. The van der Waals surface area contributed by atoms with Crippen molar-refractivity contribution in [2.24, 2.45) is 11.8 Å². The Kier molecular flexibility index (Phi) is 2.54. The van der Waals surface area contributed by atoms with Crippen LogP contribution in [0.25, 0.3) is 0 Å². The molecule has 1 heterocycles. The number of fused-ring (bicyclic) bond motifs is 2. The van der Waals surface area contributed by atoms with Crippen molar-refractivity contribution in [2.45, 2.75) is 31.7 Å². The normalized spacial score (nSPS) is 31.9. The summed E-state index contributed by atoms with van der Waals surface area (Å²) in [7, 11) is 0. The van der Waals surface area contributed by atoms with Gasteiger partial charge in [-0.05, 0) is 53.1 Å². The predicted molar refractivity (Wildman–Crippen MR) is 65.2 cm³/mol. The highest BCUT2D eigenvalue weighted by atomic mass is 79.9. The molecule has 0 aliphatic heterocycles. The quantitative estimate of drug-likeness (QED) is 0.861. The van der Waals surface area contributed by atoms with E-state index in [1.807, 2.05) is 6.07 Å². The Morgan fingerprint density at radius 1 is 1.44 bits per heavy atom. The molecule has 2 fully saturated rings. The van der Waals surface area contributed by atoms with Crippen molar-refractivity contribution < 1.29 is 4.79 Å². The van der Waals surface area contributed by atoms with Crippen LogP contribution in [0, 0.1) is 11.8 Å². The zero-order valence-electron chi connectivity index (χ0n) is 9.00. The maximum absolute atomic E-state index is 11.9. The van der Waals surface area contributed by atoms with E-state index in [0.29, 0.717) is 11.7 Å². The van der Waals surface area contributed by atoms with Crippen LogP contribution < -0.4 is 5.32 Å². The summed E-state index contributed by atoms with van der Waals surface area (Å²) in [6.45, 7) is 0. The molecule has 3 rings (SSSR count). The third kappa shape index (κ3) is 1.79. The summed E-state index contributed by atoms with van der Waals surface area (Å²) in [5.41, 5.74) is 0.648. The topological polar surface area (TPSA) is 44.9 Å². The molecule has 3 nitrogen and oxygen atoms in total. The lowest BCUT2D eigenvalue weighted by Gasteiger charge is -2.22. The van der Waals surface area contributed by atoms with Crippen molar-refractivity contribution in [2.75, 3.05) is 0 Å². The van der Waals surface area contributed by atoms with Crippen LogP contribution >= 0.6 is 15.9 Å². The SMILES string of the molecule is O=C(NC1CC2CCC1C2)c1cc(Br)c[nH]1. The molecule has 86 valence electrons. The molecule has 3 unspecified atom stereocenters. The van der Waals surface area contributed by atoms with Gasteiger partial charge >= 0.3 is 0 Å². The van der Waals surface area contributed by atoms with Crippen molar-refractivity contribution in [1.29, 1.82) is 0 Å². The number of hydrogen-bond acceptors (Lipinski definition) is 1. The summed E-state index contributed by atoms with van der Waals surface area (Å²) in [6.07, 6.45) is 6.95.